The van der Waals surface area contributed by atoms with Gasteiger partial charge in [0.25, 0.3) is 0 Å². The van der Waals surface area contributed by atoms with E-state index in [0.717, 1.165) is 44.9 Å². The minimum atomic E-state index is 0. The Morgan fingerprint density at radius 1 is 1.22 bits per heavy atom. The first-order chi connectivity index (χ1) is 10.7. The number of carbonyl (C=O) groups is 1. The molecule has 0 heterocycles. The second-order valence-corrected chi connectivity index (χ2v) is 6.77. The molecule has 0 spiro atoms. The highest BCUT2D eigenvalue weighted by Gasteiger charge is 2.34. The number of nitrogens with one attached hydrogen (secondary N) is 3. The Morgan fingerprint density at radius 2 is 1.96 bits per heavy atom. The predicted molar refractivity (Wildman–Crippen MR) is 106 cm³/mol. The molecule has 134 valence electrons. The molecule has 0 atom stereocenters. The molecule has 0 bridgehead atoms. The number of hydrogen-bond acceptors (Lipinski definition) is 2. The number of nitrogens with zero attached hydrogens (tertiary/aromatic N) is 1. The van der Waals surface area contributed by atoms with Gasteiger partial charge in [0.1, 0.15) is 0 Å². The average Bonchev–Trinajstić information content (AvgIpc) is 3.26. The maximum Gasteiger partial charge on any atom is 0.220 e. The maximum absolute atomic E-state index is 11.6. The van der Waals surface area contributed by atoms with Crippen LogP contribution in [0.3, 0.4) is 0 Å². The summed E-state index contributed by atoms with van der Waals surface area (Å²) in [6.07, 6.45) is 8.95. The Kier molecular flexibility index (Phi) is 9.24. The zero-order chi connectivity index (χ0) is 15.8. The van der Waals surface area contributed by atoms with E-state index in [4.69, 9.17) is 4.99 Å². The smallest absolute Gasteiger partial charge is 0.220 e. The number of carbonyl (C=O) groups excluding carboxylic acids is 1. The molecule has 5 nitrogen and oxygen atoms in total. The van der Waals surface area contributed by atoms with Crippen molar-refractivity contribution in [2.75, 3.05) is 19.6 Å². The summed E-state index contributed by atoms with van der Waals surface area (Å²) in [7, 11) is 0. The minimum Gasteiger partial charge on any atom is -0.357 e. The van der Waals surface area contributed by atoms with Gasteiger partial charge in [-0.05, 0) is 50.9 Å². The fourth-order valence-electron chi connectivity index (χ4n) is 2.87. The Hall–Kier alpha value is -0.530. The third kappa shape index (κ3) is 7.27. The van der Waals surface area contributed by atoms with Crippen LogP contribution in [-0.2, 0) is 4.79 Å². The topological polar surface area (TPSA) is 65.5 Å². The van der Waals surface area contributed by atoms with Crippen molar-refractivity contribution < 1.29 is 4.79 Å². The Balaban J connectivity index is 0.00000264. The van der Waals surface area contributed by atoms with E-state index in [2.05, 4.69) is 29.8 Å². The van der Waals surface area contributed by atoms with Gasteiger partial charge in [-0.2, -0.15) is 0 Å². The van der Waals surface area contributed by atoms with Crippen molar-refractivity contribution in [1.82, 2.24) is 16.0 Å². The summed E-state index contributed by atoms with van der Waals surface area (Å²) >= 11 is 0. The number of amides is 1. The molecule has 23 heavy (non-hydrogen) atoms. The lowest BCUT2D eigenvalue weighted by molar-refractivity contribution is -0.121. The number of aliphatic imine (C=N–C) groups is 1. The average molecular weight is 436 g/mol. The van der Waals surface area contributed by atoms with Crippen LogP contribution in [-0.4, -0.2) is 37.5 Å². The third-order valence-electron chi connectivity index (χ3n) is 4.90. The Bertz CT molecular complexity index is 387. The van der Waals surface area contributed by atoms with Gasteiger partial charge in [0.15, 0.2) is 5.96 Å². The molecular weight excluding hydrogens is 403 g/mol. The van der Waals surface area contributed by atoms with Gasteiger partial charge in [-0.15, -0.1) is 24.0 Å². The van der Waals surface area contributed by atoms with Gasteiger partial charge in [-0.3, -0.25) is 9.79 Å². The van der Waals surface area contributed by atoms with Crippen molar-refractivity contribution in [3.05, 3.63) is 0 Å². The molecule has 0 unspecified atom stereocenters. The molecule has 0 aliphatic heterocycles. The highest BCUT2D eigenvalue weighted by atomic mass is 127. The summed E-state index contributed by atoms with van der Waals surface area (Å²) < 4.78 is 0. The lowest BCUT2D eigenvalue weighted by Crippen LogP contribution is -2.40. The summed E-state index contributed by atoms with van der Waals surface area (Å²) in [5.41, 5.74) is 0.451. The molecule has 0 aromatic rings. The normalized spacial score (nSPS) is 19.3. The fraction of sp³-hybridized carbons (Fsp3) is 0.882. The van der Waals surface area contributed by atoms with Crippen LogP contribution >= 0.6 is 24.0 Å². The van der Waals surface area contributed by atoms with Crippen LogP contribution in [0.25, 0.3) is 0 Å². The number of halogens is 1. The number of guanidine groups is 1. The van der Waals surface area contributed by atoms with E-state index in [0.29, 0.717) is 17.9 Å². The molecule has 1 amide bonds. The molecule has 2 aliphatic carbocycles. The lowest BCUT2D eigenvalue weighted by atomic mass is 9.67. The van der Waals surface area contributed by atoms with Crippen LogP contribution < -0.4 is 16.0 Å². The first kappa shape index (κ1) is 20.5. The molecule has 0 radical (unpaired) electrons. The van der Waals surface area contributed by atoms with Gasteiger partial charge in [-0.25, -0.2) is 0 Å². The Labute approximate surface area is 157 Å². The number of rotatable bonds is 9. The van der Waals surface area contributed by atoms with Crippen LogP contribution in [0.15, 0.2) is 4.99 Å². The highest BCUT2D eigenvalue weighted by molar-refractivity contribution is 14.0. The monoisotopic (exact) mass is 436 g/mol. The van der Waals surface area contributed by atoms with E-state index in [1.165, 1.54) is 25.7 Å². The van der Waals surface area contributed by atoms with Crippen LogP contribution in [0.5, 0.6) is 0 Å². The molecule has 0 aromatic carbocycles. The van der Waals surface area contributed by atoms with Gasteiger partial charge in [-0.1, -0.05) is 13.3 Å². The minimum absolute atomic E-state index is 0. The predicted octanol–water partition coefficient (Wildman–Crippen LogP) is 2.80. The summed E-state index contributed by atoms with van der Waals surface area (Å²) in [5, 5.41) is 9.67. The molecule has 3 N–H and O–H groups in total. The molecule has 2 aliphatic rings. The summed E-state index contributed by atoms with van der Waals surface area (Å²) in [4.78, 5) is 16.4. The van der Waals surface area contributed by atoms with E-state index in [1.807, 2.05) is 0 Å². The van der Waals surface area contributed by atoms with Crippen molar-refractivity contribution in [2.45, 2.75) is 71.3 Å². The van der Waals surface area contributed by atoms with Crippen LogP contribution in [0.2, 0.25) is 0 Å². The van der Waals surface area contributed by atoms with Gasteiger partial charge in [0.2, 0.25) is 5.91 Å². The zero-order valence-corrected chi connectivity index (χ0v) is 16.9. The standard InChI is InChI=1S/C17H32N4O.HI/c1-3-17(10-6-11-17)13-20-16(18-4-2)19-12-5-7-15(22)21-14-8-9-14;/h14H,3-13H2,1-2H3,(H,21,22)(H2,18,19,20);1H. The summed E-state index contributed by atoms with van der Waals surface area (Å²) in [6.45, 7) is 6.93. The van der Waals surface area contributed by atoms with Crippen molar-refractivity contribution in [3.8, 4) is 0 Å². The first-order valence-electron chi connectivity index (χ1n) is 8.99. The van der Waals surface area contributed by atoms with E-state index >= 15 is 0 Å². The SMILES string of the molecule is CCNC(=NCC1(CC)CCC1)NCCCC(=O)NC1CC1.I. The van der Waals surface area contributed by atoms with Crippen LogP contribution in [0.4, 0.5) is 0 Å². The van der Waals surface area contributed by atoms with Crippen molar-refractivity contribution in [3.63, 3.8) is 0 Å². The van der Waals surface area contributed by atoms with E-state index < -0.39 is 0 Å². The molecule has 2 saturated carbocycles. The first-order valence-corrected chi connectivity index (χ1v) is 8.99. The molecule has 6 heteroatoms. The van der Waals surface area contributed by atoms with Gasteiger partial charge in [0, 0.05) is 32.1 Å². The second kappa shape index (κ2) is 10.4. The van der Waals surface area contributed by atoms with Crippen molar-refractivity contribution >= 4 is 35.8 Å². The van der Waals surface area contributed by atoms with Crippen molar-refractivity contribution in [2.24, 2.45) is 10.4 Å². The third-order valence-corrected chi connectivity index (χ3v) is 4.90. The zero-order valence-electron chi connectivity index (χ0n) is 14.6. The van der Waals surface area contributed by atoms with Gasteiger partial charge in [0.05, 0.1) is 0 Å². The van der Waals surface area contributed by atoms with Crippen molar-refractivity contribution in [1.29, 1.82) is 0 Å². The molecule has 0 aromatic heterocycles. The van der Waals surface area contributed by atoms with Crippen LogP contribution in [0.1, 0.15) is 65.2 Å². The van der Waals surface area contributed by atoms with E-state index in [9.17, 15) is 4.79 Å². The lowest BCUT2D eigenvalue weighted by Gasteiger charge is -2.40. The highest BCUT2D eigenvalue weighted by Crippen LogP contribution is 2.43. The summed E-state index contributed by atoms with van der Waals surface area (Å²) in [5.74, 6) is 1.08. The molecular formula is C17H33IN4O. The molecule has 2 rings (SSSR count). The largest absolute Gasteiger partial charge is 0.357 e. The Morgan fingerprint density at radius 3 is 2.48 bits per heavy atom. The number of hydrogen-bond donors (Lipinski definition) is 3. The second-order valence-electron chi connectivity index (χ2n) is 6.77. The molecule has 0 saturated heterocycles. The quantitative estimate of drug-likeness (QED) is 0.225. The summed E-state index contributed by atoms with van der Waals surface area (Å²) in [6, 6.07) is 0.465. The van der Waals surface area contributed by atoms with Crippen LogP contribution in [0, 0.1) is 5.41 Å². The fourth-order valence-corrected chi connectivity index (χ4v) is 2.87. The molecule has 2 fully saturated rings. The van der Waals surface area contributed by atoms with E-state index in [-0.39, 0.29) is 29.9 Å². The van der Waals surface area contributed by atoms with E-state index in [1.54, 1.807) is 0 Å². The maximum atomic E-state index is 11.6. The van der Waals surface area contributed by atoms with Gasteiger partial charge < -0.3 is 16.0 Å². The van der Waals surface area contributed by atoms with Gasteiger partial charge >= 0.3 is 0 Å².